The number of benzene rings is 4. The van der Waals surface area contributed by atoms with Gasteiger partial charge in [-0.15, -0.1) is 53.6 Å². The fraction of sp³-hybridized carbons (Fsp3) is 0.306. The molecule has 4 aromatic carbocycles. The molecule has 0 N–H and O–H groups in total. The number of furan rings is 1. The summed E-state index contributed by atoms with van der Waals surface area (Å²) in [5.74, 6) is 1.57. The van der Waals surface area contributed by atoms with E-state index in [1.807, 2.05) is 18.3 Å². The van der Waals surface area contributed by atoms with Gasteiger partial charge in [-0.2, -0.15) is 0 Å². The smallest absolute Gasteiger partial charge is 0.121 e. The van der Waals surface area contributed by atoms with Gasteiger partial charge in [-0.3, -0.25) is 0 Å². The molecule has 0 amide bonds. The van der Waals surface area contributed by atoms with Crippen molar-refractivity contribution in [2.75, 3.05) is 0 Å². The second-order valence-electron chi connectivity index (χ2n) is 16.2. The van der Waals surface area contributed by atoms with E-state index in [1.54, 1.807) is 0 Å². The standard InChI is InChI=1S/C29H24NO.C20H26NSi.Ir/c1-2-9-22(10-3-1)23-13-14-24-25-11-6-12-26(29(25)31-28(24)19-23)27-18-21(15-16-30-27)17-20-7-4-5-8-20;1-22(2,3)19-13-14-20(21-15-19)18-11-9-17(10-12-18)16-7-5-4-6-8-16;/h1-3,6,9-11,13-16,18-20H,4-5,7-8,17H2;9-11,13-16H,4-8H2,1-3H3;/q2*-1;. The number of hydrogen-bond acceptors (Lipinski definition) is 3. The predicted octanol–water partition coefficient (Wildman–Crippen LogP) is 13.0. The van der Waals surface area contributed by atoms with E-state index in [-0.39, 0.29) is 20.1 Å². The molecule has 3 heterocycles. The number of hydrogen-bond donors (Lipinski definition) is 0. The van der Waals surface area contributed by atoms with Gasteiger partial charge in [0.25, 0.3) is 0 Å². The Kier molecular flexibility index (Phi) is 12.1. The molecule has 1 radical (unpaired) electrons. The van der Waals surface area contributed by atoms with Crippen LogP contribution in [-0.4, -0.2) is 18.0 Å². The van der Waals surface area contributed by atoms with Crippen LogP contribution in [0.1, 0.15) is 74.8 Å². The van der Waals surface area contributed by atoms with Crippen molar-refractivity contribution in [3.05, 3.63) is 139 Å². The molecule has 54 heavy (non-hydrogen) atoms. The Balaban J connectivity index is 0.000000174. The molecule has 2 aliphatic carbocycles. The second-order valence-corrected chi connectivity index (χ2v) is 21.3. The van der Waals surface area contributed by atoms with Crippen molar-refractivity contribution in [3.8, 4) is 33.6 Å². The zero-order valence-electron chi connectivity index (χ0n) is 31.8. The van der Waals surface area contributed by atoms with E-state index in [0.29, 0.717) is 0 Å². The molecule has 3 nitrogen and oxygen atoms in total. The monoisotopic (exact) mass is 903 g/mol. The zero-order valence-corrected chi connectivity index (χ0v) is 35.2. The summed E-state index contributed by atoms with van der Waals surface area (Å²) in [6, 6.07) is 43.3. The van der Waals surface area contributed by atoms with E-state index < -0.39 is 8.07 Å². The van der Waals surface area contributed by atoms with Crippen LogP contribution in [-0.2, 0) is 26.5 Å². The molecule has 0 spiro atoms. The Morgan fingerprint density at radius 2 is 1.50 bits per heavy atom. The van der Waals surface area contributed by atoms with Gasteiger partial charge in [-0.05, 0) is 52.2 Å². The van der Waals surface area contributed by atoms with Crippen LogP contribution in [0.15, 0.2) is 120 Å². The van der Waals surface area contributed by atoms with Gasteiger partial charge in [0.2, 0.25) is 0 Å². The minimum atomic E-state index is -1.26. The molecular formula is C49H50IrN2OSi-2. The number of fused-ring (bicyclic) bond motifs is 3. The van der Waals surface area contributed by atoms with E-state index in [4.69, 9.17) is 4.42 Å². The molecule has 277 valence electrons. The SMILES string of the molecule is C[Si](C)(C)c1ccc(-c2[c-]cc(C3CCCCC3)cc2)nc1.[Ir].[c-]1ccc2c(oc3cc(-c4ccccc4)ccc32)c1-c1cc(CC2CCCC2)ccn1. The quantitative estimate of drug-likeness (QED) is 0.118. The van der Waals surface area contributed by atoms with Gasteiger partial charge in [0, 0.05) is 37.9 Å². The molecule has 0 bridgehead atoms. The normalized spacial score (nSPS) is 15.2. The summed E-state index contributed by atoms with van der Waals surface area (Å²) in [6.45, 7) is 7.07. The molecular weight excluding hydrogens is 853 g/mol. The van der Waals surface area contributed by atoms with Gasteiger partial charge in [-0.25, -0.2) is 0 Å². The van der Waals surface area contributed by atoms with Crippen molar-refractivity contribution in [1.82, 2.24) is 9.97 Å². The Morgan fingerprint density at radius 1 is 0.704 bits per heavy atom. The van der Waals surface area contributed by atoms with Gasteiger partial charge in [0.15, 0.2) is 0 Å². The van der Waals surface area contributed by atoms with Crippen molar-refractivity contribution in [1.29, 1.82) is 0 Å². The van der Waals surface area contributed by atoms with Gasteiger partial charge in [-0.1, -0.05) is 161 Å². The van der Waals surface area contributed by atoms with E-state index in [1.165, 1.54) is 79.7 Å². The van der Waals surface area contributed by atoms with Gasteiger partial charge in [0.05, 0.1) is 13.7 Å². The molecule has 2 aliphatic rings. The van der Waals surface area contributed by atoms with E-state index in [9.17, 15) is 0 Å². The molecule has 0 unspecified atom stereocenters. The van der Waals surface area contributed by atoms with Crippen LogP contribution in [0, 0.1) is 18.1 Å². The molecule has 7 aromatic rings. The van der Waals surface area contributed by atoms with E-state index >= 15 is 0 Å². The Morgan fingerprint density at radius 3 is 2.22 bits per heavy atom. The third-order valence-corrected chi connectivity index (χ3v) is 13.5. The maximum atomic E-state index is 6.40. The summed E-state index contributed by atoms with van der Waals surface area (Å²) in [6.07, 6.45) is 17.5. The minimum absolute atomic E-state index is 0. The van der Waals surface area contributed by atoms with Crippen LogP contribution in [0.3, 0.4) is 0 Å². The Labute approximate surface area is 336 Å². The van der Waals surface area contributed by atoms with Crippen LogP contribution < -0.4 is 5.19 Å². The minimum Gasteiger partial charge on any atom is -0.501 e. The Bertz CT molecular complexity index is 2280. The number of rotatable bonds is 7. The van der Waals surface area contributed by atoms with E-state index in [0.717, 1.165) is 68.3 Å². The number of nitrogens with zero attached hydrogens (tertiary/aromatic N) is 2. The summed E-state index contributed by atoms with van der Waals surface area (Å²) in [7, 11) is -1.26. The maximum absolute atomic E-state index is 6.40. The van der Waals surface area contributed by atoms with Gasteiger partial charge >= 0.3 is 0 Å². The Hall–Kier alpha value is -4.15. The maximum Gasteiger partial charge on any atom is 0.121 e. The fourth-order valence-electron chi connectivity index (χ4n) is 8.31. The first kappa shape index (κ1) is 38.1. The molecule has 0 saturated heterocycles. The molecule has 2 fully saturated rings. The van der Waals surface area contributed by atoms with Crippen molar-refractivity contribution < 1.29 is 24.5 Å². The van der Waals surface area contributed by atoms with Crippen molar-refractivity contribution in [2.45, 2.75) is 89.8 Å². The van der Waals surface area contributed by atoms with Crippen molar-refractivity contribution >= 4 is 35.2 Å². The third kappa shape index (κ3) is 8.70. The topological polar surface area (TPSA) is 38.9 Å². The predicted molar refractivity (Wildman–Crippen MR) is 224 cm³/mol. The summed E-state index contributed by atoms with van der Waals surface area (Å²) in [4.78, 5) is 9.34. The van der Waals surface area contributed by atoms with Gasteiger partial charge < -0.3 is 14.4 Å². The molecule has 9 rings (SSSR count). The first-order valence-electron chi connectivity index (χ1n) is 19.8. The van der Waals surface area contributed by atoms with Gasteiger partial charge in [0.1, 0.15) is 5.58 Å². The van der Waals surface area contributed by atoms with Crippen LogP contribution in [0.5, 0.6) is 0 Å². The van der Waals surface area contributed by atoms with Crippen LogP contribution in [0.2, 0.25) is 19.6 Å². The second kappa shape index (κ2) is 17.1. The molecule has 0 atom stereocenters. The fourth-order valence-corrected chi connectivity index (χ4v) is 9.35. The number of pyridine rings is 2. The summed E-state index contributed by atoms with van der Waals surface area (Å²) < 4.78 is 6.40. The van der Waals surface area contributed by atoms with Crippen LogP contribution >= 0.6 is 0 Å². The van der Waals surface area contributed by atoms with Crippen LogP contribution in [0.4, 0.5) is 0 Å². The molecule has 5 heteroatoms. The average Bonchev–Trinajstić information content (AvgIpc) is 3.86. The average molecular weight is 903 g/mol. The van der Waals surface area contributed by atoms with Crippen LogP contribution in [0.25, 0.3) is 55.6 Å². The van der Waals surface area contributed by atoms with Crippen molar-refractivity contribution in [3.63, 3.8) is 0 Å². The van der Waals surface area contributed by atoms with Crippen molar-refractivity contribution in [2.24, 2.45) is 5.92 Å². The third-order valence-electron chi connectivity index (χ3n) is 11.4. The number of aromatic nitrogens is 2. The molecule has 2 saturated carbocycles. The van der Waals surface area contributed by atoms with E-state index in [2.05, 4.69) is 139 Å². The largest absolute Gasteiger partial charge is 0.501 e. The first-order valence-corrected chi connectivity index (χ1v) is 23.3. The molecule has 0 aliphatic heterocycles. The summed E-state index contributed by atoms with van der Waals surface area (Å²) in [5.41, 5.74) is 11.0. The molecule has 3 aromatic heterocycles. The first-order chi connectivity index (χ1) is 25.9. The summed E-state index contributed by atoms with van der Waals surface area (Å²) >= 11 is 0. The summed E-state index contributed by atoms with van der Waals surface area (Å²) in [5, 5.41) is 3.66. The zero-order chi connectivity index (χ0) is 36.2.